The predicted octanol–water partition coefficient (Wildman–Crippen LogP) is 4.90. The van der Waals surface area contributed by atoms with Gasteiger partial charge in [-0.25, -0.2) is 4.98 Å². The number of amides is 1. The highest BCUT2D eigenvalue weighted by Gasteiger charge is 2.36. The fourth-order valence-corrected chi connectivity index (χ4v) is 5.32. The van der Waals surface area contributed by atoms with Crippen LogP contribution < -0.4 is 0 Å². The fraction of sp³-hybridized carbons (Fsp3) is 0.286. The Hall–Kier alpha value is -4.00. The summed E-state index contributed by atoms with van der Waals surface area (Å²) in [6, 6.07) is 14.7. The second-order valence-electron chi connectivity index (χ2n) is 9.84. The van der Waals surface area contributed by atoms with Crippen molar-refractivity contribution in [2.24, 2.45) is 11.8 Å². The molecule has 7 nitrogen and oxygen atoms in total. The maximum absolute atomic E-state index is 12.6. The summed E-state index contributed by atoms with van der Waals surface area (Å²) < 4.78 is 2.31. The molecule has 1 aromatic carbocycles. The van der Waals surface area contributed by atoms with E-state index in [0.29, 0.717) is 11.8 Å². The lowest BCUT2D eigenvalue weighted by Crippen LogP contribution is -2.30. The topological polar surface area (TPSA) is 79.7 Å². The molecule has 0 spiro atoms. The number of carbonyl (C=O) groups is 1. The predicted molar refractivity (Wildman–Crippen MR) is 135 cm³/mol. The lowest BCUT2D eigenvalue weighted by Gasteiger charge is -2.18. The minimum absolute atomic E-state index is 0.288. The van der Waals surface area contributed by atoms with E-state index in [1.165, 1.54) is 0 Å². The molecule has 5 heterocycles. The molecule has 1 aliphatic heterocycles. The van der Waals surface area contributed by atoms with Crippen LogP contribution in [0, 0.1) is 11.8 Å². The molecule has 2 fully saturated rings. The average molecular weight is 463 g/mol. The largest absolute Gasteiger partial charge is 0.360 e. The number of nitrogens with one attached hydrogen (secondary N) is 1. The van der Waals surface area contributed by atoms with Crippen LogP contribution in [0.5, 0.6) is 0 Å². The number of nitrogens with zero attached hydrogens (tertiary/aromatic N) is 5. The Balaban J connectivity index is 1.19. The third-order valence-electron chi connectivity index (χ3n) is 7.39. The molecule has 35 heavy (non-hydrogen) atoms. The zero-order valence-electron chi connectivity index (χ0n) is 19.4. The summed E-state index contributed by atoms with van der Waals surface area (Å²) in [5, 5.41) is 0. The van der Waals surface area contributed by atoms with Crippen LogP contribution in [0.15, 0.2) is 67.3 Å². The van der Waals surface area contributed by atoms with E-state index in [1.807, 2.05) is 36.9 Å². The van der Waals surface area contributed by atoms with Crippen LogP contribution in [-0.4, -0.2) is 48.4 Å². The highest BCUT2D eigenvalue weighted by molar-refractivity contribution is 5.83. The Morgan fingerprint density at radius 1 is 0.971 bits per heavy atom. The molecule has 5 aromatic rings. The minimum atomic E-state index is 0.288. The molecular weight excluding hydrogens is 436 g/mol. The molecule has 1 amide bonds. The summed E-state index contributed by atoms with van der Waals surface area (Å²) in [6.07, 6.45) is 10.7. The van der Waals surface area contributed by atoms with Gasteiger partial charge in [-0.2, -0.15) is 0 Å². The molecule has 174 valence electrons. The van der Waals surface area contributed by atoms with E-state index in [9.17, 15) is 4.79 Å². The molecule has 4 aromatic heterocycles. The van der Waals surface area contributed by atoms with E-state index in [4.69, 9.17) is 4.98 Å². The summed E-state index contributed by atoms with van der Waals surface area (Å²) in [5.41, 5.74) is 7.26. The van der Waals surface area contributed by atoms with Gasteiger partial charge in [-0.3, -0.25) is 14.8 Å². The number of imidazole rings is 1. The lowest BCUT2D eigenvalue weighted by molar-refractivity contribution is -0.131. The molecule has 1 aliphatic carbocycles. The molecular formula is C28H26N6O. The Labute approximate surface area is 202 Å². The second kappa shape index (κ2) is 8.05. The van der Waals surface area contributed by atoms with Crippen LogP contribution in [0.25, 0.3) is 44.6 Å². The first kappa shape index (κ1) is 20.4. The van der Waals surface area contributed by atoms with E-state index >= 15 is 0 Å². The number of rotatable bonds is 5. The third kappa shape index (κ3) is 3.67. The first-order valence-corrected chi connectivity index (χ1v) is 12.4. The molecule has 7 rings (SSSR count). The van der Waals surface area contributed by atoms with Gasteiger partial charge in [0.05, 0.1) is 22.7 Å². The number of H-pyrrole nitrogens is 1. The smallest absolute Gasteiger partial charge is 0.225 e. The van der Waals surface area contributed by atoms with Crippen molar-refractivity contribution in [2.75, 3.05) is 13.1 Å². The van der Waals surface area contributed by atoms with Gasteiger partial charge in [0.25, 0.3) is 0 Å². The summed E-state index contributed by atoms with van der Waals surface area (Å²) in [7, 11) is 0. The van der Waals surface area contributed by atoms with Crippen LogP contribution >= 0.6 is 0 Å². The van der Waals surface area contributed by atoms with Gasteiger partial charge in [-0.15, -0.1) is 0 Å². The van der Waals surface area contributed by atoms with E-state index < -0.39 is 0 Å². The molecule has 1 N–H and O–H groups in total. The van der Waals surface area contributed by atoms with E-state index in [0.717, 1.165) is 83.5 Å². The van der Waals surface area contributed by atoms with Gasteiger partial charge < -0.3 is 14.5 Å². The van der Waals surface area contributed by atoms with Gasteiger partial charge >= 0.3 is 0 Å². The van der Waals surface area contributed by atoms with Crippen LogP contribution in [0.1, 0.15) is 19.3 Å². The maximum atomic E-state index is 12.6. The van der Waals surface area contributed by atoms with Crippen molar-refractivity contribution in [3.63, 3.8) is 0 Å². The fourth-order valence-electron chi connectivity index (χ4n) is 5.32. The number of hydrogen-bond donors (Lipinski definition) is 1. The summed E-state index contributed by atoms with van der Waals surface area (Å²) in [4.78, 5) is 31.7. The zero-order valence-corrected chi connectivity index (χ0v) is 19.4. The summed E-state index contributed by atoms with van der Waals surface area (Å²) >= 11 is 0. The van der Waals surface area contributed by atoms with Gasteiger partial charge in [-0.05, 0) is 48.9 Å². The first-order chi connectivity index (χ1) is 17.2. The number of aromatic amines is 1. The van der Waals surface area contributed by atoms with Crippen LogP contribution in [0.2, 0.25) is 0 Å². The normalized spacial score (nSPS) is 18.1. The molecule has 0 radical (unpaired) electrons. The number of pyridine rings is 2. The number of likely N-dealkylation sites (tertiary alicyclic amines) is 1. The third-order valence-corrected chi connectivity index (χ3v) is 7.39. The van der Waals surface area contributed by atoms with Crippen molar-refractivity contribution < 1.29 is 4.79 Å². The second-order valence-corrected chi connectivity index (χ2v) is 9.84. The van der Waals surface area contributed by atoms with Crippen molar-refractivity contribution in [1.29, 1.82) is 0 Å². The number of benzene rings is 1. The highest BCUT2D eigenvalue weighted by Crippen LogP contribution is 2.34. The standard InChI is InChI=1S/C28H26N6O/c35-28(21-5-6-21)33-12-9-18(16-33)17-34-26-8-10-29-15-25(26)32-27(34)20-3-1-19(2-4-20)22-13-24-23(31-14-22)7-11-30-24/h1-4,7-8,10-11,13-15,18,21,30H,5-6,9,12,16-17H2. The van der Waals surface area contributed by atoms with Gasteiger partial charge in [0.2, 0.25) is 5.91 Å². The van der Waals surface area contributed by atoms with Crippen molar-refractivity contribution in [3.05, 3.63) is 67.3 Å². The number of fused-ring (bicyclic) bond motifs is 2. The van der Waals surface area contributed by atoms with Crippen molar-refractivity contribution in [3.8, 4) is 22.5 Å². The quantitative estimate of drug-likeness (QED) is 0.403. The van der Waals surface area contributed by atoms with Crippen LogP contribution in [-0.2, 0) is 11.3 Å². The molecule has 1 unspecified atom stereocenters. The Morgan fingerprint density at radius 3 is 2.69 bits per heavy atom. The lowest BCUT2D eigenvalue weighted by atomic mass is 10.0. The monoisotopic (exact) mass is 462 g/mol. The van der Waals surface area contributed by atoms with Crippen LogP contribution in [0.3, 0.4) is 0 Å². The first-order valence-electron chi connectivity index (χ1n) is 12.4. The number of hydrogen-bond acceptors (Lipinski definition) is 4. The minimum Gasteiger partial charge on any atom is -0.360 e. The average Bonchev–Trinajstić information content (AvgIpc) is 3.30. The maximum Gasteiger partial charge on any atom is 0.225 e. The van der Waals surface area contributed by atoms with E-state index in [2.05, 4.69) is 54.8 Å². The van der Waals surface area contributed by atoms with Gasteiger partial charge in [-0.1, -0.05) is 24.3 Å². The zero-order chi connectivity index (χ0) is 23.4. The van der Waals surface area contributed by atoms with E-state index in [-0.39, 0.29) is 5.92 Å². The Morgan fingerprint density at radius 2 is 1.83 bits per heavy atom. The van der Waals surface area contributed by atoms with E-state index in [1.54, 1.807) is 0 Å². The SMILES string of the molecule is O=C(C1CC1)N1CCC(Cn2c(-c3ccc(-c4cnc5cc[nH]c5c4)cc3)nc3cnccc32)C1. The van der Waals surface area contributed by atoms with Crippen molar-refractivity contribution >= 4 is 28.0 Å². The molecule has 1 saturated heterocycles. The van der Waals surface area contributed by atoms with Gasteiger partial charge in [0, 0.05) is 55.3 Å². The summed E-state index contributed by atoms with van der Waals surface area (Å²) in [5.74, 6) is 2.02. The molecule has 7 heteroatoms. The highest BCUT2D eigenvalue weighted by atomic mass is 16.2. The van der Waals surface area contributed by atoms with Gasteiger partial charge in [0.1, 0.15) is 11.3 Å². The molecule has 1 atom stereocenters. The number of carbonyl (C=O) groups excluding carboxylic acids is 1. The molecule has 2 aliphatic rings. The number of aromatic nitrogens is 5. The van der Waals surface area contributed by atoms with Crippen LogP contribution in [0.4, 0.5) is 0 Å². The Kier molecular flexibility index (Phi) is 4.68. The summed E-state index contributed by atoms with van der Waals surface area (Å²) in [6.45, 7) is 2.56. The van der Waals surface area contributed by atoms with Crippen molar-refractivity contribution in [1.82, 2.24) is 29.4 Å². The Bertz CT molecular complexity index is 1550. The van der Waals surface area contributed by atoms with Crippen molar-refractivity contribution in [2.45, 2.75) is 25.8 Å². The molecule has 1 saturated carbocycles. The molecule has 0 bridgehead atoms. The van der Waals surface area contributed by atoms with Gasteiger partial charge in [0.15, 0.2) is 0 Å².